The molecule has 0 N–H and O–H groups in total. The van der Waals surface area contributed by atoms with Crippen molar-refractivity contribution in [3.63, 3.8) is 0 Å². The van der Waals surface area contributed by atoms with Gasteiger partial charge in [-0.1, -0.05) is 30.3 Å². The Hall–Kier alpha value is -3.06. The van der Waals surface area contributed by atoms with Crippen molar-refractivity contribution in [1.82, 2.24) is 9.80 Å². The molecule has 2 heterocycles. The monoisotopic (exact) mass is 424 g/mol. The van der Waals surface area contributed by atoms with Gasteiger partial charge < -0.3 is 24.0 Å². The Morgan fingerprint density at radius 2 is 1.55 bits per heavy atom. The highest BCUT2D eigenvalue weighted by Gasteiger charge is 2.32. The highest BCUT2D eigenvalue weighted by Crippen LogP contribution is 2.22. The first-order valence-electron chi connectivity index (χ1n) is 10.8. The number of ether oxygens (including phenoxy) is 3. The van der Waals surface area contributed by atoms with Gasteiger partial charge in [0.2, 0.25) is 0 Å². The molecule has 0 bridgehead atoms. The van der Waals surface area contributed by atoms with Crippen molar-refractivity contribution in [2.75, 3.05) is 46.0 Å². The highest BCUT2D eigenvalue weighted by molar-refractivity contribution is 5.97. The van der Waals surface area contributed by atoms with Crippen LogP contribution in [0.5, 0.6) is 11.5 Å². The van der Waals surface area contributed by atoms with Gasteiger partial charge in [-0.2, -0.15) is 0 Å². The van der Waals surface area contributed by atoms with Gasteiger partial charge in [0.25, 0.3) is 11.8 Å². The van der Waals surface area contributed by atoms with Crippen LogP contribution in [0, 0.1) is 0 Å². The summed E-state index contributed by atoms with van der Waals surface area (Å²) in [6.45, 7) is 3.43. The number of hydrogen-bond donors (Lipinski definition) is 0. The summed E-state index contributed by atoms with van der Waals surface area (Å²) in [5, 5.41) is 0. The zero-order chi connectivity index (χ0) is 21.5. The van der Waals surface area contributed by atoms with Gasteiger partial charge >= 0.3 is 0 Å². The average molecular weight is 424 g/mol. The largest absolute Gasteiger partial charge is 0.490 e. The molecule has 0 radical (unpaired) electrons. The molecule has 0 saturated carbocycles. The van der Waals surface area contributed by atoms with E-state index >= 15 is 0 Å². The molecule has 7 heteroatoms. The highest BCUT2D eigenvalue weighted by atomic mass is 16.5. The van der Waals surface area contributed by atoms with Gasteiger partial charge in [0.1, 0.15) is 30.8 Å². The third kappa shape index (κ3) is 5.35. The second-order valence-corrected chi connectivity index (χ2v) is 7.63. The summed E-state index contributed by atoms with van der Waals surface area (Å²) in [6.07, 6.45) is 1.41. The number of para-hydroxylation sites is 2. The van der Waals surface area contributed by atoms with Crippen LogP contribution in [0.3, 0.4) is 0 Å². The van der Waals surface area contributed by atoms with Crippen molar-refractivity contribution < 1.29 is 23.8 Å². The van der Waals surface area contributed by atoms with Crippen LogP contribution in [0.15, 0.2) is 54.6 Å². The first-order chi connectivity index (χ1) is 15.2. The molecule has 2 saturated heterocycles. The summed E-state index contributed by atoms with van der Waals surface area (Å²) in [7, 11) is 0. The molecule has 1 atom stereocenters. The lowest BCUT2D eigenvalue weighted by molar-refractivity contribution is -0.142. The van der Waals surface area contributed by atoms with E-state index in [1.54, 1.807) is 17.0 Å². The van der Waals surface area contributed by atoms with E-state index in [1.807, 2.05) is 47.4 Å². The minimum atomic E-state index is -0.311. The average Bonchev–Trinajstić information content (AvgIpc) is 3.37. The SMILES string of the molecule is O=C(c1ccccc1OCCOc1ccccc1)N1CCN(C(=O)C2CCCO2)CC1. The van der Waals surface area contributed by atoms with Gasteiger partial charge in [-0.3, -0.25) is 9.59 Å². The van der Waals surface area contributed by atoms with Crippen LogP contribution < -0.4 is 9.47 Å². The van der Waals surface area contributed by atoms with Crippen LogP contribution in [0.1, 0.15) is 23.2 Å². The lowest BCUT2D eigenvalue weighted by Crippen LogP contribution is -2.52. The zero-order valence-corrected chi connectivity index (χ0v) is 17.6. The second kappa shape index (κ2) is 10.3. The number of carbonyl (C=O) groups excluding carboxylic acids is 2. The number of benzene rings is 2. The summed E-state index contributed by atoms with van der Waals surface area (Å²) in [6, 6.07) is 16.8. The molecule has 0 spiro atoms. The Labute approximate surface area is 182 Å². The van der Waals surface area contributed by atoms with E-state index in [9.17, 15) is 9.59 Å². The van der Waals surface area contributed by atoms with E-state index in [1.165, 1.54) is 0 Å². The summed E-state index contributed by atoms with van der Waals surface area (Å²) >= 11 is 0. The van der Waals surface area contributed by atoms with Crippen LogP contribution in [0.2, 0.25) is 0 Å². The Kier molecular flexibility index (Phi) is 7.04. The van der Waals surface area contributed by atoms with Crippen molar-refractivity contribution in [1.29, 1.82) is 0 Å². The fourth-order valence-corrected chi connectivity index (χ4v) is 3.87. The van der Waals surface area contributed by atoms with Gasteiger partial charge in [0.05, 0.1) is 5.56 Å². The Bertz CT molecular complexity index is 875. The van der Waals surface area contributed by atoms with Gasteiger partial charge in [-0.05, 0) is 37.1 Å². The topological polar surface area (TPSA) is 68.3 Å². The molecule has 31 heavy (non-hydrogen) atoms. The molecule has 2 aromatic carbocycles. The molecule has 2 fully saturated rings. The number of nitrogens with zero attached hydrogens (tertiary/aromatic N) is 2. The first-order valence-corrected chi connectivity index (χ1v) is 10.8. The van der Waals surface area contributed by atoms with E-state index in [0.29, 0.717) is 57.3 Å². The molecule has 2 aliphatic rings. The third-order valence-corrected chi connectivity index (χ3v) is 5.55. The van der Waals surface area contributed by atoms with Crippen LogP contribution in [-0.2, 0) is 9.53 Å². The molecule has 1 unspecified atom stereocenters. The molecule has 2 aromatic rings. The van der Waals surface area contributed by atoms with Crippen LogP contribution in [0.25, 0.3) is 0 Å². The number of piperazine rings is 1. The summed E-state index contributed by atoms with van der Waals surface area (Å²) in [4.78, 5) is 29.2. The summed E-state index contributed by atoms with van der Waals surface area (Å²) < 4.78 is 17.0. The second-order valence-electron chi connectivity index (χ2n) is 7.63. The number of hydrogen-bond acceptors (Lipinski definition) is 5. The van der Waals surface area contributed by atoms with E-state index in [-0.39, 0.29) is 17.9 Å². The third-order valence-electron chi connectivity index (χ3n) is 5.55. The molecule has 2 amide bonds. The zero-order valence-electron chi connectivity index (χ0n) is 17.6. The maximum atomic E-state index is 13.1. The predicted molar refractivity (Wildman–Crippen MR) is 115 cm³/mol. The Morgan fingerprint density at radius 3 is 2.29 bits per heavy atom. The molecule has 4 rings (SSSR count). The minimum absolute atomic E-state index is 0.0479. The maximum Gasteiger partial charge on any atom is 0.257 e. The number of amides is 2. The molecular formula is C24H28N2O5. The van der Waals surface area contributed by atoms with Crippen molar-refractivity contribution in [3.05, 3.63) is 60.2 Å². The van der Waals surface area contributed by atoms with Gasteiger partial charge in [0.15, 0.2) is 0 Å². The van der Waals surface area contributed by atoms with Crippen LogP contribution in [0.4, 0.5) is 0 Å². The number of carbonyl (C=O) groups is 2. The van der Waals surface area contributed by atoms with Crippen molar-refractivity contribution in [2.24, 2.45) is 0 Å². The molecule has 0 aliphatic carbocycles. The van der Waals surface area contributed by atoms with E-state index in [4.69, 9.17) is 14.2 Å². The van der Waals surface area contributed by atoms with Gasteiger partial charge in [-0.25, -0.2) is 0 Å². The lowest BCUT2D eigenvalue weighted by Gasteiger charge is -2.36. The normalized spacial score (nSPS) is 18.6. The number of rotatable bonds is 7. The molecule has 7 nitrogen and oxygen atoms in total. The standard InChI is InChI=1S/C24H28N2O5/c27-23(25-12-14-26(15-13-25)24(28)22-11-6-16-30-22)20-9-4-5-10-21(20)31-18-17-29-19-7-2-1-3-8-19/h1-5,7-10,22H,6,11-18H2. The van der Waals surface area contributed by atoms with E-state index in [0.717, 1.165) is 18.6 Å². The predicted octanol–water partition coefficient (Wildman–Crippen LogP) is 2.61. The minimum Gasteiger partial charge on any atom is -0.490 e. The van der Waals surface area contributed by atoms with E-state index < -0.39 is 0 Å². The summed E-state index contributed by atoms with van der Waals surface area (Å²) in [5.41, 5.74) is 0.529. The summed E-state index contributed by atoms with van der Waals surface area (Å²) in [5.74, 6) is 1.29. The Morgan fingerprint density at radius 1 is 0.871 bits per heavy atom. The molecule has 164 valence electrons. The smallest absolute Gasteiger partial charge is 0.257 e. The van der Waals surface area contributed by atoms with Crippen molar-refractivity contribution in [3.8, 4) is 11.5 Å². The lowest BCUT2D eigenvalue weighted by atomic mass is 10.1. The van der Waals surface area contributed by atoms with Gasteiger partial charge in [0, 0.05) is 32.8 Å². The van der Waals surface area contributed by atoms with Crippen LogP contribution in [-0.4, -0.2) is 73.7 Å². The quantitative estimate of drug-likeness (QED) is 0.639. The Balaban J connectivity index is 1.29. The van der Waals surface area contributed by atoms with Gasteiger partial charge in [-0.15, -0.1) is 0 Å². The van der Waals surface area contributed by atoms with E-state index in [2.05, 4.69) is 0 Å². The van der Waals surface area contributed by atoms with Crippen molar-refractivity contribution >= 4 is 11.8 Å². The van der Waals surface area contributed by atoms with Crippen molar-refractivity contribution in [2.45, 2.75) is 18.9 Å². The molecule has 2 aliphatic heterocycles. The van der Waals surface area contributed by atoms with Crippen LogP contribution >= 0.6 is 0 Å². The first kappa shape index (κ1) is 21.2. The fraction of sp³-hybridized carbons (Fsp3) is 0.417. The fourth-order valence-electron chi connectivity index (χ4n) is 3.87. The molecular weight excluding hydrogens is 396 g/mol. The maximum absolute atomic E-state index is 13.1. The molecule has 0 aromatic heterocycles.